The summed E-state index contributed by atoms with van der Waals surface area (Å²) in [5.74, 6) is 0.477. The predicted molar refractivity (Wildman–Crippen MR) is 51.1 cm³/mol. The van der Waals surface area contributed by atoms with E-state index in [1.54, 1.807) is 0 Å². The van der Waals surface area contributed by atoms with Crippen molar-refractivity contribution in [2.45, 2.75) is 13.3 Å². The van der Waals surface area contributed by atoms with E-state index in [4.69, 9.17) is 11.9 Å². The summed E-state index contributed by atoms with van der Waals surface area (Å²) < 4.78 is 4.55. The molecule has 0 saturated heterocycles. The van der Waals surface area contributed by atoms with E-state index in [1.165, 1.54) is 5.56 Å². The summed E-state index contributed by atoms with van der Waals surface area (Å²) in [6.45, 7) is 2.73. The Bertz CT molecular complexity index is 210. The van der Waals surface area contributed by atoms with Crippen LogP contribution in [0.3, 0.4) is 0 Å². The van der Waals surface area contributed by atoms with Gasteiger partial charge in [0.25, 0.3) is 0 Å². The first-order chi connectivity index (χ1) is 5.83. The fraction of sp³-hybridized carbons (Fsp3) is 0.400. The minimum absolute atomic E-state index is 0.477. The molecule has 0 aliphatic rings. The van der Waals surface area contributed by atoms with Crippen LogP contribution in [0.15, 0.2) is 30.3 Å². The Hall–Kier alpha value is -0.530. The molecule has 12 heavy (non-hydrogen) atoms. The predicted octanol–water partition coefficient (Wildman–Crippen LogP) is 3.04. The summed E-state index contributed by atoms with van der Waals surface area (Å²) in [6, 6.07) is 10.3. The van der Waals surface area contributed by atoms with Gasteiger partial charge >= 0.3 is 0 Å². The van der Waals surface area contributed by atoms with Crippen LogP contribution in [0.2, 0.25) is 0 Å². The molecule has 0 aliphatic carbocycles. The molecule has 0 fully saturated rings. The van der Waals surface area contributed by atoms with Crippen LogP contribution in [0, 0.1) is 5.92 Å². The molecule has 0 heterocycles. The molecule has 1 nitrogen and oxygen atoms in total. The van der Waals surface area contributed by atoms with Crippen LogP contribution in [-0.2, 0) is 10.7 Å². The average Bonchev–Trinajstić information content (AvgIpc) is 2.06. The molecule has 1 aromatic rings. The van der Waals surface area contributed by atoms with Crippen LogP contribution in [0.4, 0.5) is 0 Å². The number of rotatable bonds is 4. The molecule has 1 rings (SSSR count). The highest BCUT2D eigenvalue weighted by molar-refractivity contribution is 6.07. The van der Waals surface area contributed by atoms with Crippen LogP contribution in [0.5, 0.6) is 0 Å². The lowest BCUT2D eigenvalue weighted by molar-refractivity contribution is 0.283. The number of benzene rings is 1. The maximum absolute atomic E-state index is 5.16. The quantitative estimate of drug-likeness (QED) is 0.699. The highest BCUT2D eigenvalue weighted by atomic mass is 35.5. The molecule has 2 heteroatoms. The lowest BCUT2D eigenvalue weighted by atomic mass is 10.0. The highest BCUT2D eigenvalue weighted by Gasteiger charge is 2.02. The summed E-state index contributed by atoms with van der Waals surface area (Å²) in [6.07, 6.45) is 1.02. The summed E-state index contributed by atoms with van der Waals surface area (Å²) in [4.78, 5) is 0. The summed E-state index contributed by atoms with van der Waals surface area (Å²) in [5.41, 5.74) is 1.33. The van der Waals surface area contributed by atoms with Crippen LogP contribution in [0.1, 0.15) is 12.5 Å². The van der Waals surface area contributed by atoms with Crippen molar-refractivity contribution < 1.29 is 4.29 Å². The number of hydrogen-bond donors (Lipinski definition) is 0. The molecule has 1 unspecified atom stereocenters. The lowest BCUT2D eigenvalue weighted by Gasteiger charge is -2.07. The molecule has 0 saturated carbocycles. The molecule has 1 aromatic carbocycles. The summed E-state index contributed by atoms with van der Waals surface area (Å²) in [5, 5.41) is 0. The van der Waals surface area contributed by atoms with Gasteiger partial charge in [-0.1, -0.05) is 37.3 Å². The average molecular weight is 185 g/mol. The largest absolute Gasteiger partial charge is 0.279 e. The smallest absolute Gasteiger partial charge is 0.0711 e. The van der Waals surface area contributed by atoms with E-state index in [0.29, 0.717) is 12.5 Å². The molecule has 0 aliphatic heterocycles. The van der Waals surface area contributed by atoms with Crippen molar-refractivity contribution in [2.24, 2.45) is 5.92 Å². The monoisotopic (exact) mass is 184 g/mol. The van der Waals surface area contributed by atoms with Gasteiger partial charge in [-0.25, -0.2) is 0 Å². The first-order valence-corrected chi connectivity index (χ1v) is 4.41. The third-order valence-corrected chi connectivity index (χ3v) is 1.90. The minimum atomic E-state index is 0.477. The Balaban J connectivity index is 2.41. The first kappa shape index (κ1) is 9.56. The van der Waals surface area contributed by atoms with Gasteiger partial charge in [-0.05, 0) is 17.9 Å². The SMILES string of the molecule is CC(COCl)Cc1ccccc1. The van der Waals surface area contributed by atoms with Gasteiger partial charge < -0.3 is 0 Å². The standard InChI is InChI=1S/C10H13ClO/c1-9(8-12-11)7-10-5-3-2-4-6-10/h2-6,9H,7-8H2,1H3. The molecule has 1 atom stereocenters. The zero-order chi connectivity index (χ0) is 8.81. The van der Waals surface area contributed by atoms with Gasteiger partial charge in [0.1, 0.15) is 0 Å². The zero-order valence-corrected chi connectivity index (χ0v) is 7.92. The fourth-order valence-corrected chi connectivity index (χ4v) is 1.40. The molecule has 0 bridgehead atoms. The zero-order valence-electron chi connectivity index (χ0n) is 7.16. The molecule has 0 amide bonds. The van der Waals surface area contributed by atoms with Gasteiger partial charge in [0.2, 0.25) is 0 Å². The van der Waals surface area contributed by atoms with Crippen molar-refractivity contribution in [1.29, 1.82) is 0 Å². The van der Waals surface area contributed by atoms with E-state index in [1.807, 2.05) is 18.2 Å². The Labute approximate surface area is 78.5 Å². The van der Waals surface area contributed by atoms with Gasteiger partial charge in [0.15, 0.2) is 0 Å². The third kappa shape index (κ3) is 3.24. The minimum Gasteiger partial charge on any atom is -0.279 e. The van der Waals surface area contributed by atoms with Crippen molar-refractivity contribution in [3.8, 4) is 0 Å². The molecular formula is C10H13ClO. The Kier molecular flexibility index (Phi) is 4.12. The second-order valence-electron chi connectivity index (χ2n) is 3.07. The van der Waals surface area contributed by atoms with Crippen molar-refractivity contribution in [3.05, 3.63) is 35.9 Å². The summed E-state index contributed by atoms with van der Waals surface area (Å²) in [7, 11) is 0. The van der Waals surface area contributed by atoms with Crippen LogP contribution in [-0.4, -0.2) is 6.61 Å². The van der Waals surface area contributed by atoms with E-state index in [2.05, 4.69) is 23.3 Å². The fourth-order valence-electron chi connectivity index (χ4n) is 1.18. The topological polar surface area (TPSA) is 9.23 Å². The van der Waals surface area contributed by atoms with Gasteiger partial charge in [0, 0.05) is 0 Å². The van der Waals surface area contributed by atoms with Crippen molar-refractivity contribution in [3.63, 3.8) is 0 Å². The maximum atomic E-state index is 5.16. The normalized spacial score (nSPS) is 12.8. The van der Waals surface area contributed by atoms with Gasteiger partial charge in [-0.15, -0.1) is 0 Å². The Morgan fingerprint density at radius 2 is 2.00 bits per heavy atom. The molecule has 66 valence electrons. The number of halogens is 1. The second-order valence-corrected chi connectivity index (χ2v) is 3.29. The first-order valence-electron chi connectivity index (χ1n) is 4.10. The lowest BCUT2D eigenvalue weighted by Crippen LogP contribution is -2.04. The van der Waals surface area contributed by atoms with Gasteiger partial charge in [-0.3, -0.25) is 4.29 Å². The van der Waals surface area contributed by atoms with Crippen LogP contribution >= 0.6 is 11.9 Å². The van der Waals surface area contributed by atoms with Crippen LogP contribution < -0.4 is 0 Å². The van der Waals surface area contributed by atoms with E-state index in [-0.39, 0.29) is 0 Å². The third-order valence-electron chi connectivity index (χ3n) is 1.77. The molecule has 0 N–H and O–H groups in total. The van der Waals surface area contributed by atoms with Gasteiger partial charge in [0.05, 0.1) is 18.5 Å². The van der Waals surface area contributed by atoms with Crippen molar-refractivity contribution in [2.75, 3.05) is 6.61 Å². The van der Waals surface area contributed by atoms with E-state index in [9.17, 15) is 0 Å². The molecule has 0 spiro atoms. The molecule has 0 aromatic heterocycles. The Morgan fingerprint density at radius 1 is 1.33 bits per heavy atom. The molecular weight excluding hydrogens is 172 g/mol. The van der Waals surface area contributed by atoms with Gasteiger partial charge in [-0.2, -0.15) is 0 Å². The molecule has 0 radical (unpaired) electrons. The Morgan fingerprint density at radius 3 is 2.58 bits per heavy atom. The van der Waals surface area contributed by atoms with Crippen molar-refractivity contribution >= 4 is 11.9 Å². The number of hydrogen-bond acceptors (Lipinski definition) is 1. The van der Waals surface area contributed by atoms with E-state index >= 15 is 0 Å². The summed E-state index contributed by atoms with van der Waals surface area (Å²) >= 11 is 5.16. The second kappa shape index (κ2) is 5.18. The maximum Gasteiger partial charge on any atom is 0.0711 e. The van der Waals surface area contributed by atoms with Crippen LogP contribution in [0.25, 0.3) is 0 Å². The highest BCUT2D eigenvalue weighted by Crippen LogP contribution is 2.08. The van der Waals surface area contributed by atoms with E-state index in [0.717, 1.165) is 6.42 Å². The van der Waals surface area contributed by atoms with Crippen molar-refractivity contribution in [1.82, 2.24) is 0 Å². The van der Waals surface area contributed by atoms with E-state index < -0.39 is 0 Å².